The minimum Gasteiger partial charge on any atom is -0.393 e. The molecule has 1 aromatic rings. The van der Waals surface area contributed by atoms with E-state index in [2.05, 4.69) is 25.7 Å². The number of rotatable bonds is 2. The van der Waals surface area contributed by atoms with Gasteiger partial charge < -0.3 is 15.1 Å². The Morgan fingerprint density at radius 2 is 1.81 bits per heavy atom. The number of hydrogen-bond acceptors (Lipinski definition) is 4. The maximum atomic E-state index is 9.95. The van der Waals surface area contributed by atoms with Crippen LogP contribution in [0.1, 0.15) is 57.7 Å². The van der Waals surface area contributed by atoms with Gasteiger partial charge in [0.05, 0.1) is 12.7 Å². The van der Waals surface area contributed by atoms with Crippen LogP contribution >= 0.6 is 0 Å². The van der Waals surface area contributed by atoms with Crippen molar-refractivity contribution in [3.05, 3.63) is 23.4 Å². The van der Waals surface area contributed by atoms with Crippen LogP contribution in [-0.2, 0) is 12.0 Å². The second-order valence-corrected chi connectivity index (χ2v) is 7.54. The molecule has 0 saturated carbocycles. The molecule has 2 aliphatic rings. The fourth-order valence-electron chi connectivity index (χ4n) is 3.70. The first-order valence-corrected chi connectivity index (χ1v) is 7.97. The number of piperidine rings is 1. The lowest BCUT2D eigenvalue weighted by molar-refractivity contribution is 0.126. The van der Waals surface area contributed by atoms with Crippen LogP contribution in [0.2, 0.25) is 0 Å². The van der Waals surface area contributed by atoms with E-state index in [1.165, 1.54) is 0 Å². The average Bonchev–Trinajstić information content (AvgIpc) is 2.69. The quantitative estimate of drug-likeness (QED) is 0.878. The highest BCUT2D eigenvalue weighted by Crippen LogP contribution is 2.39. The molecule has 4 nitrogen and oxygen atoms in total. The van der Waals surface area contributed by atoms with Gasteiger partial charge in [0.25, 0.3) is 0 Å². The zero-order chi connectivity index (χ0) is 15.2. The van der Waals surface area contributed by atoms with Gasteiger partial charge in [0, 0.05) is 23.2 Å². The van der Waals surface area contributed by atoms with Crippen LogP contribution in [0, 0.1) is 0 Å². The van der Waals surface area contributed by atoms with Gasteiger partial charge in [-0.3, -0.25) is 0 Å². The van der Waals surface area contributed by atoms with Crippen LogP contribution in [0.5, 0.6) is 0 Å². The molecule has 21 heavy (non-hydrogen) atoms. The van der Waals surface area contributed by atoms with Crippen molar-refractivity contribution >= 4 is 5.82 Å². The number of aliphatic hydroxyl groups is 2. The number of aliphatic hydroxyl groups excluding tert-OH is 2. The maximum Gasteiger partial charge on any atom is 0.129 e. The molecule has 0 amide bonds. The Labute approximate surface area is 126 Å². The molecule has 1 aromatic heterocycles. The fourth-order valence-corrected chi connectivity index (χ4v) is 3.70. The third kappa shape index (κ3) is 2.79. The lowest BCUT2D eigenvalue weighted by Gasteiger charge is -2.38. The molecule has 2 saturated heterocycles. The maximum absolute atomic E-state index is 9.95. The number of aromatic nitrogens is 1. The lowest BCUT2D eigenvalue weighted by Crippen LogP contribution is -2.45. The molecule has 0 spiro atoms. The summed E-state index contributed by atoms with van der Waals surface area (Å²) >= 11 is 0. The molecule has 2 N–H and O–H groups in total. The minimum atomic E-state index is -0.165. The Balaban J connectivity index is 1.99. The highest BCUT2D eigenvalue weighted by Gasteiger charge is 2.41. The molecule has 2 unspecified atom stereocenters. The number of hydrogen-bond donors (Lipinski definition) is 2. The van der Waals surface area contributed by atoms with Crippen LogP contribution in [0.4, 0.5) is 5.82 Å². The van der Waals surface area contributed by atoms with E-state index >= 15 is 0 Å². The van der Waals surface area contributed by atoms with Crippen molar-refractivity contribution in [3.63, 3.8) is 0 Å². The van der Waals surface area contributed by atoms with Gasteiger partial charge in [-0.1, -0.05) is 20.8 Å². The Morgan fingerprint density at radius 1 is 1.19 bits per heavy atom. The zero-order valence-electron chi connectivity index (χ0n) is 13.2. The molecule has 2 atom stereocenters. The summed E-state index contributed by atoms with van der Waals surface area (Å²) < 4.78 is 0. The number of pyridine rings is 1. The van der Waals surface area contributed by atoms with Crippen molar-refractivity contribution in [2.24, 2.45) is 0 Å². The molecule has 116 valence electrons. The monoisotopic (exact) mass is 290 g/mol. The van der Waals surface area contributed by atoms with E-state index in [1.54, 1.807) is 0 Å². The van der Waals surface area contributed by atoms with Crippen LogP contribution in [0.15, 0.2) is 12.1 Å². The van der Waals surface area contributed by atoms with Gasteiger partial charge in [-0.25, -0.2) is 4.98 Å². The van der Waals surface area contributed by atoms with Crippen LogP contribution in [0.3, 0.4) is 0 Å². The normalized spacial score (nSPS) is 29.0. The average molecular weight is 290 g/mol. The van der Waals surface area contributed by atoms with E-state index in [1.807, 2.05) is 12.1 Å². The van der Waals surface area contributed by atoms with Crippen molar-refractivity contribution in [1.82, 2.24) is 4.98 Å². The summed E-state index contributed by atoms with van der Waals surface area (Å²) in [5.74, 6) is 0.978. The van der Waals surface area contributed by atoms with Crippen molar-refractivity contribution in [3.8, 4) is 0 Å². The van der Waals surface area contributed by atoms with Crippen molar-refractivity contribution in [2.45, 2.75) is 76.7 Å². The summed E-state index contributed by atoms with van der Waals surface area (Å²) in [5.41, 5.74) is 1.92. The number of nitrogens with zero attached hydrogens (tertiary/aromatic N) is 2. The SMILES string of the molecule is CC(C)(C)c1cc(CO)cc(N2C3CCC2CC(O)C3)n1. The molecule has 0 aromatic carbocycles. The first kappa shape index (κ1) is 14.8. The van der Waals surface area contributed by atoms with E-state index in [9.17, 15) is 10.2 Å². The molecule has 2 bridgehead atoms. The zero-order valence-corrected chi connectivity index (χ0v) is 13.2. The second kappa shape index (κ2) is 5.25. The Bertz CT molecular complexity index is 510. The molecular formula is C17H26N2O2. The summed E-state index contributed by atoms with van der Waals surface area (Å²) in [6, 6.07) is 4.81. The van der Waals surface area contributed by atoms with Crippen LogP contribution < -0.4 is 4.90 Å². The first-order chi connectivity index (χ1) is 9.88. The van der Waals surface area contributed by atoms with Gasteiger partial charge in [0.2, 0.25) is 0 Å². The van der Waals surface area contributed by atoms with Crippen LogP contribution in [0.25, 0.3) is 0 Å². The highest BCUT2D eigenvalue weighted by molar-refractivity contribution is 5.48. The Hall–Kier alpha value is -1.13. The largest absolute Gasteiger partial charge is 0.393 e. The van der Waals surface area contributed by atoms with Crippen molar-refractivity contribution in [2.75, 3.05) is 4.90 Å². The summed E-state index contributed by atoms with van der Waals surface area (Å²) in [6.45, 7) is 6.49. The molecule has 2 fully saturated rings. The number of fused-ring (bicyclic) bond motifs is 2. The Kier molecular flexibility index (Phi) is 3.70. The summed E-state index contributed by atoms with van der Waals surface area (Å²) in [5, 5.41) is 19.5. The lowest BCUT2D eigenvalue weighted by atomic mass is 9.90. The van der Waals surface area contributed by atoms with Gasteiger partial charge in [-0.15, -0.1) is 0 Å². The molecule has 0 aliphatic carbocycles. The summed E-state index contributed by atoms with van der Waals surface area (Å²) in [6.07, 6.45) is 3.79. The first-order valence-electron chi connectivity index (χ1n) is 7.97. The van der Waals surface area contributed by atoms with Crippen LogP contribution in [-0.4, -0.2) is 33.4 Å². The minimum absolute atomic E-state index is 0.0335. The topological polar surface area (TPSA) is 56.6 Å². The Morgan fingerprint density at radius 3 is 2.33 bits per heavy atom. The van der Waals surface area contributed by atoms with E-state index in [0.717, 1.165) is 42.8 Å². The fraction of sp³-hybridized carbons (Fsp3) is 0.706. The third-order valence-corrected chi connectivity index (χ3v) is 4.80. The van der Waals surface area contributed by atoms with Crippen molar-refractivity contribution in [1.29, 1.82) is 0 Å². The van der Waals surface area contributed by atoms with Crippen molar-refractivity contribution < 1.29 is 10.2 Å². The van der Waals surface area contributed by atoms with Gasteiger partial charge in [-0.05, 0) is 43.4 Å². The van der Waals surface area contributed by atoms with E-state index in [4.69, 9.17) is 4.98 Å². The second-order valence-electron chi connectivity index (χ2n) is 7.54. The van der Waals surface area contributed by atoms with E-state index in [0.29, 0.717) is 12.1 Å². The van der Waals surface area contributed by atoms with Gasteiger partial charge in [-0.2, -0.15) is 0 Å². The predicted molar refractivity (Wildman–Crippen MR) is 83.4 cm³/mol. The molecule has 4 heteroatoms. The molecule has 3 heterocycles. The van der Waals surface area contributed by atoms with Gasteiger partial charge in [0.15, 0.2) is 0 Å². The standard InChI is InChI=1S/C17H26N2O2/c1-17(2,3)15-6-11(10-20)7-16(18-15)19-12-4-5-13(19)9-14(21)8-12/h6-7,12-14,20-21H,4-5,8-10H2,1-3H3. The summed E-state index contributed by atoms with van der Waals surface area (Å²) in [4.78, 5) is 7.27. The number of anilines is 1. The molecule has 2 aliphatic heterocycles. The molecule has 3 rings (SSSR count). The molecular weight excluding hydrogens is 264 g/mol. The highest BCUT2D eigenvalue weighted by atomic mass is 16.3. The predicted octanol–water partition coefficient (Wildman–Crippen LogP) is 2.36. The van der Waals surface area contributed by atoms with E-state index < -0.39 is 0 Å². The smallest absolute Gasteiger partial charge is 0.129 e. The molecule has 0 radical (unpaired) electrons. The van der Waals surface area contributed by atoms with E-state index in [-0.39, 0.29) is 18.1 Å². The summed E-state index contributed by atoms with van der Waals surface area (Å²) in [7, 11) is 0. The third-order valence-electron chi connectivity index (χ3n) is 4.80. The van der Waals surface area contributed by atoms with Gasteiger partial charge >= 0.3 is 0 Å². The van der Waals surface area contributed by atoms with Gasteiger partial charge in [0.1, 0.15) is 5.82 Å².